The van der Waals surface area contributed by atoms with Gasteiger partial charge in [0.25, 0.3) is 0 Å². The number of hydrogen-bond donors (Lipinski definition) is 1. The SMILES string of the molecule is CC(C)c1ccccc1N1c2nc(-c3ccccc3F)c(Cl)cc2C(N2CCN(C(=O)O)C[C@@H]2C)=NS1(=O)=O. The number of rotatable bonds is 3. The third-order valence-corrected chi connectivity index (χ3v) is 8.42. The molecule has 1 saturated heterocycles. The molecule has 1 atom stereocenters. The van der Waals surface area contributed by atoms with Crippen LogP contribution in [0.5, 0.6) is 0 Å². The van der Waals surface area contributed by atoms with E-state index in [0.29, 0.717) is 11.3 Å². The molecule has 0 radical (unpaired) electrons. The number of amidine groups is 1. The molecule has 1 N–H and O–H groups in total. The Balaban J connectivity index is 1.75. The number of nitrogens with zero attached hydrogens (tertiary/aromatic N) is 5. The van der Waals surface area contributed by atoms with Crippen molar-refractivity contribution in [1.29, 1.82) is 0 Å². The quantitative estimate of drug-likeness (QED) is 0.445. The van der Waals surface area contributed by atoms with Crippen LogP contribution in [0.15, 0.2) is 59.0 Å². The van der Waals surface area contributed by atoms with Crippen molar-refractivity contribution in [3.63, 3.8) is 0 Å². The second kappa shape index (κ2) is 10.1. The topological polar surface area (TPSA) is 106 Å². The van der Waals surface area contributed by atoms with Gasteiger partial charge in [0, 0.05) is 31.2 Å². The van der Waals surface area contributed by atoms with E-state index < -0.39 is 22.1 Å². The summed E-state index contributed by atoms with van der Waals surface area (Å²) in [5.41, 5.74) is 1.73. The molecule has 5 rings (SSSR count). The van der Waals surface area contributed by atoms with Crippen LogP contribution in [0.1, 0.15) is 37.8 Å². The third-order valence-electron chi connectivity index (χ3n) is 6.90. The van der Waals surface area contributed by atoms with Gasteiger partial charge in [0.1, 0.15) is 5.82 Å². The molecule has 0 spiro atoms. The Morgan fingerprint density at radius 2 is 1.79 bits per heavy atom. The number of benzene rings is 2. The first-order valence-electron chi connectivity index (χ1n) is 12.4. The summed E-state index contributed by atoms with van der Waals surface area (Å²) >= 11 is 6.66. The monoisotopic (exact) mass is 571 g/mol. The van der Waals surface area contributed by atoms with Crippen molar-refractivity contribution in [1.82, 2.24) is 14.8 Å². The van der Waals surface area contributed by atoms with E-state index in [0.717, 1.165) is 9.87 Å². The molecule has 1 aromatic heterocycles. The molecule has 1 amide bonds. The molecule has 204 valence electrons. The summed E-state index contributed by atoms with van der Waals surface area (Å²) in [5, 5.41) is 9.56. The molecule has 0 bridgehead atoms. The third kappa shape index (κ3) is 4.80. The van der Waals surface area contributed by atoms with Gasteiger partial charge < -0.3 is 14.9 Å². The zero-order valence-corrected chi connectivity index (χ0v) is 23.1. The fourth-order valence-corrected chi connectivity index (χ4v) is 6.53. The molecule has 12 heteroatoms. The minimum atomic E-state index is -4.37. The molecule has 3 aromatic rings. The zero-order valence-electron chi connectivity index (χ0n) is 21.5. The number of carbonyl (C=O) groups is 1. The first-order valence-corrected chi connectivity index (χ1v) is 14.2. The number of hydrogen-bond acceptors (Lipinski definition) is 5. The van der Waals surface area contributed by atoms with Crippen LogP contribution in [-0.2, 0) is 10.2 Å². The van der Waals surface area contributed by atoms with Gasteiger partial charge in [-0.25, -0.2) is 18.5 Å². The van der Waals surface area contributed by atoms with Crippen LogP contribution in [0.4, 0.5) is 20.7 Å². The Bertz CT molecular complexity index is 1600. The molecule has 39 heavy (non-hydrogen) atoms. The van der Waals surface area contributed by atoms with Crippen molar-refractivity contribution in [2.24, 2.45) is 4.40 Å². The van der Waals surface area contributed by atoms with Crippen molar-refractivity contribution in [3.05, 3.63) is 76.6 Å². The van der Waals surface area contributed by atoms with Crippen LogP contribution in [0, 0.1) is 5.82 Å². The smallest absolute Gasteiger partial charge is 0.407 e. The van der Waals surface area contributed by atoms with Gasteiger partial charge in [-0.05, 0) is 42.7 Å². The molecule has 3 heterocycles. The molecule has 9 nitrogen and oxygen atoms in total. The van der Waals surface area contributed by atoms with Gasteiger partial charge >= 0.3 is 16.3 Å². The van der Waals surface area contributed by atoms with Gasteiger partial charge in [-0.2, -0.15) is 8.42 Å². The average molecular weight is 572 g/mol. The lowest BCUT2D eigenvalue weighted by atomic mass is 10.0. The standard InChI is InChI=1S/C27H27ClFN5O4S/c1-16(2)18-8-5-7-11-23(18)34-25-20(14-21(28)24(30-25)19-9-4-6-10-22(19)29)26(31-39(34,37)38)33-13-12-32(27(35)36)15-17(33)3/h4-11,14,16-17H,12-13,15H2,1-3H3,(H,35,36)/t17-/m0/s1. The van der Waals surface area contributed by atoms with Crippen molar-refractivity contribution in [3.8, 4) is 11.3 Å². The summed E-state index contributed by atoms with van der Waals surface area (Å²) in [5.74, 6) is -0.404. The van der Waals surface area contributed by atoms with E-state index in [1.54, 1.807) is 42.2 Å². The molecule has 2 aliphatic heterocycles. The Labute approximate surface area is 231 Å². The predicted molar refractivity (Wildman–Crippen MR) is 149 cm³/mol. The van der Waals surface area contributed by atoms with Gasteiger partial charge in [-0.15, -0.1) is 4.40 Å². The molecular formula is C27H27ClFN5O4S. The van der Waals surface area contributed by atoms with Crippen molar-refractivity contribution >= 4 is 45.2 Å². The van der Waals surface area contributed by atoms with Gasteiger partial charge in [-0.3, -0.25) is 0 Å². The van der Waals surface area contributed by atoms with E-state index in [9.17, 15) is 22.7 Å². The normalized spacial score (nSPS) is 18.7. The predicted octanol–water partition coefficient (Wildman–Crippen LogP) is 5.49. The molecule has 2 aromatic carbocycles. The number of carboxylic acid groups (broad SMARTS) is 1. The first-order chi connectivity index (χ1) is 18.5. The van der Waals surface area contributed by atoms with Crippen molar-refractivity contribution in [2.45, 2.75) is 32.7 Å². The lowest BCUT2D eigenvalue weighted by molar-refractivity contribution is 0.106. The number of amides is 1. The minimum absolute atomic E-state index is 0.0207. The largest absolute Gasteiger partial charge is 0.465 e. The van der Waals surface area contributed by atoms with Crippen LogP contribution in [0.25, 0.3) is 11.3 Å². The number of anilines is 2. The highest BCUT2D eigenvalue weighted by molar-refractivity contribution is 7.92. The lowest BCUT2D eigenvalue weighted by Crippen LogP contribution is -2.56. The van der Waals surface area contributed by atoms with Gasteiger partial charge in [0.15, 0.2) is 11.7 Å². The summed E-state index contributed by atoms with van der Waals surface area (Å²) in [6.07, 6.45) is -1.05. The van der Waals surface area contributed by atoms with E-state index in [2.05, 4.69) is 9.38 Å². The Morgan fingerprint density at radius 1 is 1.10 bits per heavy atom. The number of para-hydroxylation sites is 1. The van der Waals surface area contributed by atoms with Gasteiger partial charge in [0.05, 0.1) is 22.0 Å². The maximum absolute atomic E-state index is 14.8. The Kier molecular flexibility index (Phi) is 6.98. The van der Waals surface area contributed by atoms with Crippen LogP contribution < -0.4 is 4.31 Å². The van der Waals surface area contributed by atoms with E-state index >= 15 is 0 Å². The van der Waals surface area contributed by atoms with Crippen LogP contribution in [-0.4, -0.2) is 65.9 Å². The number of halogens is 2. The fourth-order valence-electron chi connectivity index (χ4n) is 5.00. The summed E-state index contributed by atoms with van der Waals surface area (Å²) in [4.78, 5) is 19.2. The van der Waals surface area contributed by atoms with Crippen LogP contribution in [0.2, 0.25) is 5.02 Å². The van der Waals surface area contributed by atoms with E-state index in [-0.39, 0.29) is 59.5 Å². The summed E-state index contributed by atoms with van der Waals surface area (Å²) in [6, 6.07) is 14.3. The highest BCUT2D eigenvalue weighted by atomic mass is 35.5. The molecule has 0 unspecified atom stereocenters. The maximum Gasteiger partial charge on any atom is 0.407 e. The number of pyridine rings is 1. The molecule has 1 fully saturated rings. The zero-order chi connectivity index (χ0) is 28.1. The van der Waals surface area contributed by atoms with E-state index in [1.807, 2.05) is 26.0 Å². The van der Waals surface area contributed by atoms with Crippen molar-refractivity contribution in [2.75, 3.05) is 23.9 Å². The second-order valence-corrected chi connectivity index (χ2v) is 11.7. The first kappa shape index (κ1) is 26.9. The van der Waals surface area contributed by atoms with Gasteiger partial charge in [0.2, 0.25) is 0 Å². The summed E-state index contributed by atoms with van der Waals surface area (Å²) in [6.45, 7) is 6.26. The van der Waals surface area contributed by atoms with E-state index in [4.69, 9.17) is 11.6 Å². The minimum Gasteiger partial charge on any atom is -0.465 e. The summed E-state index contributed by atoms with van der Waals surface area (Å²) < 4.78 is 48.0. The fraction of sp³-hybridized carbons (Fsp3) is 0.296. The van der Waals surface area contributed by atoms with Crippen LogP contribution in [0.3, 0.4) is 0 Å². The molecule has 2 aliphatic rings. The lowest BCUT2D eigenvalue weighted by Gasteiger charge is -2.42. The maximum atomic E-state index is 14.8. The second-order valence-electron chi connectivity index (χ2n) is 9.81. The Hall–Kier alpha value is -3.70. The summed E-state index contributed by atoms with van der Waals surface area (Å²) in [7, 11) is -4.37. The number of piperazine rings is 1. The van der Waals surface area contributed by atoms with Crippen molar-refractivity contribution < 1.29 is 22.7 Å². The molecule has 0 aliphatic carbocycles. The van der Waals surface area contributed by atoms with Gasteiger partial charge in [-0.1, -0.05) is 55.8 Å². The Morgan fingerprint density at radius 3 is 2.46 bits per heavy atom. The highest BCUT2D eigenvalue weighted by Crippen LogP contribution is 2.43. The molecular weight excluding hydrogens is 545 g/mol. The van der Waals surface area contributed by atoms with E-state index in [1.165, 1.54) is 17.0 Å². The number of aromatic nitrogens is 1. The van der Waals surface area contributed by atoms with Crippen LogP contribution >= 0.6 is 11.6 Å². The average Bonchev–Trinajstić information content (AvgIpc) is 2.88. The highest BCUT2D eigenvalue weighted by Gasteiger charge is 2.40. The molecule has 0 saturated carbocycles. The number of fused-ring (bicyclic) bond motifs is 1.